The summed E-state index contributed by atoms with van der Waals surface area (Å²) in [6.45, 7) is 0.608. The molecule has 1 aliphatic heterocycles. The Bertz CT molecular complexity index is 202. The summed E-state index contributed by atoms with van der Waals surface area (Å²) in [4.78, 5) is 11.4. The zero-order valence-electron chi connectivity index (χ0n) is 7.99. The molecule has 1 unspecified atom stereocenters. The number of hydrogen-bond donors (Lipinski definition) is 0. The third kappa shape index (κ3) is 1.70. The maximum absolute atomic E-state index is 11.4. The standard InChI is InChI=1S/C10H16O3/c1-12-8-2-3-9-7(6-8)4-5-13-10(9)11/h7-9H,2-6H2,1H3/t7-,8-,9?/m0/s1. The molecular weight excluding hydrogens is 168 g/mol. The molecule has 13 heavy (non-hydrogen) atoms. The van der Waals surface area contributed by atoms with Gasteiger partial charge >= 0.3 is 5.97 Å². The first kappa shape index (κ1) is 9.00. The SMILES string of the molecule is CO[C@H]1CCC2C(=O)OCC[C@H]2C1. The van der Waals surface area contributed by atoms with E-state index in [1.807, 2.05) is 0 Å². The van der Waals surface area contributed by atoms with Crippen LogP contribution in [0.1, 0.15) is 25.7 Å². The van der Waals surface area contributed by atoms with E-state index in [4.69, 9.17) is 9.47 Å². The van der Waals surface area contributed by atoms with Gasteiger partial charge in [-0.15, -0.1) is 0 Å². The summed E-state index contributed by atoms with van der Waals surface area (Å²) in [5.74, 6) is 0.700. The van der Waals surface area contributed by atoms with Crippen LogP contribution < -0.4 is 0 Å². The first-order valence-corrected chi connectivity index (χ1v) is 5.00. The normalized spacial score (nSPS) is 39.5. The molecule has 0 bridgehead atoms. The summed E-state index contributed by atoms with van der Waals surface area (Å²) >= 11 is 0. The van der Waals surface area contributed by atoms with Crippen molar-refractivity contribution in [3.63, 3.8) is 0 Å². The highest BCUT2D eigenvalue weighted by Crippen LogP contribution is 2.36. The fraction of sp³-hybridized carbons (Fsp3) is 0.900. The molecule has 0 aromatic carbocycles. The van der Waals surface area contributed by atoms with E-state index in [9.17, 15) is 4.79 Å². The van der Waals surface area contributed by atoms with E-state index in [0.717, 1.165) is 25.7 Å². The highest BCUT2D eigenvalue weighted by molar-refractivity contribution is 5.73. The molecule has 3 atom stereocenters. The highest BCUT2D eigenvalue weighted by atomic mass is 16.5. The maximum atomic E-state index is 11.4. The van der Waals surface area contributed by atoms with Gasteiger partial charge in [-0.2, -0.15) is 0 Å². The summed E-state index contributed by atoms with van der Waals surface area (Å²) in [5.41, 5.74) is 0. The predicted molar refractivity (Wildman–Crippen MR) is 47.2 cm³/mol. The molecule has 0 aromatic rings. The lowest BCUT2D eigenvalue weighted by atomic mass is 9.75. The van der Waals surface area contributed by atoms with Crippen LogP contribution in [0.25, 0.3) is 0 Å². The first-order chi connectivity index (χ1) is 6.31. The van der Waals surface area contributed by atoms with Crippen molar-refractivity contribution in [1.29, 1.82) is 0 Å². The van der Waals surface area contributed by atoms with Gasteiger partial charge in [0, 0.05) is 7.11 Å². The van der Waals surface area contributed by atoms with E-state index in [2.05, 4.69) is 0 Å². The number of cyclic esters (lactones) is 1. The minimum Gasteiger partial charge on any atom is -0.465 e. The lowest BCUT2D eigenvalue weighted by Gasteiger charge is -2.37. The quantitative estimate of drug-likeness (QED) is 0.577. The Kier molecular flexibility index (Phi) is 2.54. The molecule has 0 spiro atoms. The molecule has 1 aliphatic carbocycles. The minimum atomic E-state index is 0.0193. The molecule has 1 saturated heterocycles. The van der Waals surface area contributed by atoms with Gasteiger partial charge < -0.3 is 9.47 Å². The van der Waals surface area contributed by atoms with Gasteiger partial charge in [-0.1, -0.05) is 0 Å². The molecule has 2 rings (SSSR count). The lowest BCUT2D eigenvalue weighted by molar-refractivity contribution is -0.160. The Balaban J connectivity index is 1.99. The van der Waals surface area contributed by atoms with Crippen LogP contribution in [0.4, 0.5) is 0 Å². The Morgan fingerprint density at radius 2 is 2.23 bits per heavy atom. The van der Waals surface area contributed by atoms with Crippen molar-refractivity contribution in [3.05, 3.63) is 0 Å². The number of carbonyl (C=O) groups excluding carboxylic acids is 1. The fourth-order valence-corrected chi connectivity index (χ4v) is 2.48. The van der Waals surface area contributed by atoms with Crippen LogP contribution >= 0.6 is 0 Å². The monoisotopic (exact) mass is 184 g/mol. The van der Waals surface area contributed by atoms with Crippen LogP contribution in [0.15, 0.2) is 0 Å². The number of hydrogen-bond acceptors (Lipinski definition) is 3. The molecule has 2 fully saturated rings. The fourth-order valence-electron chi connectivity index (χ4n) is 2.48. The zero-order chi connectivity index (χ0) is 9.26. The Morgan fingerprint density at radius 3 is 3.00 bits per heavy atom. The predicted octanol–water partition coefficient (Wildman–Crippen LogP) is 1.36. The Hall–Kier alpha value is -0.570. The van der Waals surface area contributed by atoms with Crippen molar-refractivity contribution >= 4 is 5.97 Å². The molecular formula is C10H16O3. The average molecular weight is 184 g/mol. The molecule has 2 aliphatic rings. The van der Waals surface area contributed by atoms with Gasteiger partial charge in [-0.05, 0) is 31.6 Å². The van der Waals surface area contributed by atoms with Gasteiger partial charge in [0.05, 0.1) is 18.6 Å². The van der Waals surface area contributed by atoms with E-state index in [-0.39, 0.29) is 11.9 Å². The number of carbonyl (C=O) groups is 1. The highest BCUT2D eigenvalue weighted by Gasteiger charge is 2.38. The second-order valence-corrected chi connectivity index (χ2v) is 3.99. The van der Waals surface area contributed by atoms with Gasteiger partial charge in [0.25, 0.3) is 0 Å². The molecule has 3 nitrogen and oxygen atoms in total. The summed E-state index contributed by atoms with van der Waals surface area (Å²) in [5, 5.41) is 0. The van der Waals surface area contributed by atoms with E-state index in [1.165, 1.54) is 0 Å². The lowest BCUT2D eigenvalue weighted by Crippen LogP contribution is -2.39. The Labute approximate surface area is 78.4 Å². The number of rotatable bonds is 1. The minimum absolute atomic E-state index is 0.0193. The molecule has 1 heterocycles. The second kappa shape index (κ2) is 3.66. The number of ether oxygens (including phenoxy) is 2. The number of esters is 1. The molecule has 0 amide bonds. The third-order valence-electron chi connectivity index (χ3n) is 3.30. The second-order valence-electron chi connectivity index (χ2n) is 3.99. The van der Waals surface area contributed by atoms with Crippen molar-refractivity contribution < 1.29 is 14.3 Å². The van der Waals surface area contributed by atoms with Crippen LogP contribution in [0, 0.1) is 11.8 Å². The average Bonchev–Trinajstić information content (AvgIpc) is 2.18. The van der Waals surface area contributed by atoms with Crippen LogP contribution in [-0.2, 0) is 14.3 Å². The van der Waals surface area contributed by atoms with Crippen molar-refractivity contribution in [2.45, 2.75) is 31.8 Å². The van der Waals surface area contributed by atoms with Crippen molar-refractivity contribution in [2.24, 2.45) is 11.8 Å². The molecule has 0 radical (unpaired) electrons. The van der Waals surface area contributed by atoms with Gasteiger partial charge in [-0.3, -0.25) is 4.79 Å². The van der Waals surface area contributed by atoms with Crippen molar-refractivity contribution in [3.8, 4) is 0 Å². The maximum Gasteiger partial charge on any atom is 0.309 e. The first-order valence-electron chi connectivity index (χ1n) is 5.00. The van der Waals surface area contributed by atoms with E-state index >= 15 is 0 Å². The molecule has 1 saturated carbocycles. The van der Waals surface area contributed by atoms with Crippen LogP contribution in [0.2, 0.25) is 0 Å². The summed E-state index contributed by atoms with van der Waals surface area (Å²) in [7, 11) is 1.76. The smallest absolute Gasteiger partial charge is 0.309 e. The number of methoxy groups -OCH3 is 1. The largest absolute Gasteiger partial charge is 0.465 e. The van der Waals surface area contributed by atoms with Gasteiger partial charge in [0.15, 0.2) is 0 Å². The molecule has 0 aromatic heterocycles. The summed E-state index contributed by atoms with van der Waals surface area (Å²) < 4.78 is 10.4. The van der Waals surface area contributed by atoms with Gasteiger partial charge in [-0.25, -0.2) is 0 Å². The van der Waals surface area contributed by atoms with E-state index in [0.29, 0.717) is 18.6 Å². The molecule has 74 valence electrons. The van der Waals surface area contributed by atoms with Crippen LogP contribution in [0.5, 0.6) is 0 Å². The summed E-state index contributed by atoms with van der Waals surface area (Å²) in [6.07, 6.45) is 4.38. The zero-order valence-corrected chi connectivity index (χ0v) is 7.99. The number of fused-ring (bicyclic) bond motifs is 1. The van der Waals surface area contributed by atoms with Crippen LogP contribution in [0.3, 0.4) is 0 Å². The molecule has 3 heteroatoms. The Morgan fingerprint density at radius 1 is 1.38 bits per heavy atom. The molecule has 0 N–H and O–H groups in total. The summed E-state index contributed by atoms with van der Waals surface area (Å²) in [6, 6.07) is 0. The van der Waals surface area contributed by atoms with Crippen molar-refractivity contribution in [2.75, 3.05) is 13.7 Å². The third-order valence-corrected chi connectivity index (χ3v) is 3.30. The van der Waals surface area contributed by atoms with Crippen molar-refractivity contribution in [1.82, 2.24) is 0 Å². The van der Waals surface area contributed by atoms with Gasteiger partial charge in [0.2, 0.25) is 0 Å². The van der Waals surface area contributed by atoms with E-state index in [1.54, 1.807) is 7.11 Å². The van der Waals surface area contributed by atoms with E-state index < -0.39 is 0 Å². The topological polar surface area (TPSA) is 35.5 Å². The van der Waals surface area contributed by atoms with Gasteiger partial charge in [0.1, 0.15) is 0 Å². The van der Waals surface area contributed by atoms with Crippen LogP contribution in [-0.4, -0.2) is 25.8 Å².